The van der Waals surface area contributed by atoms with Gasteiger partial charge in [0.2, 0.25) is 5.91 Å². The van der Waals surface area contributed by atoms with E-state index in [1.54, 1.807) is 7.05 Å². The van der Waals surface area contributed by atoms with Crippen molar-refractivity contribution < 1.29 is 4.79 Å². The summed E-state index contributed by atoms with van der Waals surface area (Å²) >= 11 is 0. The third kappa shape index (κ3) is 3.85. The lowest BCUT2D eigenvalue weighted by Gasteiger charge is -2.24. The Labute approximate surface area is 120 Å². The number of aryl methyl sites for hydroxylation is 1. The molecule has 0 heterocycles. The Morgan fingerprint density at radius 2 is 1.70 bits per heavy atom. The molecule has 2 aromatic rings. The van der Waals surface area contributed by atoms with Crippen LogP contribution in [0.25, 0.3) is 0 Å². The predicted octanol–water partition coefficient (Wildman–Crippen LogP) is 2.75. The predicted molar refractivity (Wildman–Crippen MR) is 82.7 cm³/mol. The van der Waals surface area contributed by atoms with Crippen LogP contribution >= 0.6 is 0 Å². The summed E-state index contributed by atoms with van der Waals surface area (Å²) in [5.74, 6) is 0.0153. The largest absolute Gasteiger partial charge is 0.358 e. The number of hydrogen-bond acceptors (Lipinski definition) is 2. The van der Waals surface area contributed by atoms with E-state index in [1.807, 2.05) is 18.2 Å². The second-order valence-corrected chi connectivity index (χ2v) is 4.85. The molecule has 0 radical (unpaired) electrons. The standard InChI is InChI=1S/C17H20N2O/c1-14-8-10-16(11-9-14)19(13-17(20)18-2)12-15-6-4-3-5-7-15/h3-11H,12-13H2,1-2H3,(H,18,20). The maximum absolute atomic E-state index is 11.7. The highest BCUT2D eigenvalue weighted by molar-refractivity contribution is 5.81. The third-order valence-corrected chi connectivity index (χ3v) is 3.23. The van der Waals surface area contributed by atoms with Crippen molar-refractivity contribution in [1.82, 2.24) is 5.32 Å². The number of hydrogen-bond donors (Lipinski definition) is 1. The summed E-state index contributed by atoms with van der Waals surface area (Å²) in [6, 6.07) is 18.4. The molecular weight excluding hydrogens is 248 g/mol. The van der Waals surface area contributed by atoms with Crippen molar-refractivity contribution in [3.63, 3.8) is 0 Å². The fraction of sp³-hybridized carbons (Fsp3) is 0.235. The number of carbonyl (C=O) groups is 1. The number of nitrogens with zero attached hydrogens (tertiary/aromatic N) is 1. The van der Waals surface area contributed by atoms with Crippen LogP contribution in [0, 0.1) is 6.92 Å². The summed E-state index contributed by atoms with van der Waals surface area (Å²) in [7, 11) is 1.66. The molecule has 1 amide bonds. The zero-order chi connectivity index (χ0) is 14.4. The Hall–Kier alpha value is -2.29. The molecule has 2 rings (SSSR count). The second kappa shape index (κ2) is 6.75. The van der Waals surface area contributed by atoms with Crippen LogP contribution in [0.2, 0.25) is 0 Å². The minimum atomic E-state index is 0.0153. The van der Waals surface area contributed by atoms with Crippen LogP contribution in [0.15, 0.2) is 54.6 Å². The van der Waals surface area contributed by atoms with Crippen LogP contribution < -0.4 is 10.2 Å². The van der Waals surface area contributed by atoms with E-state index >= 15 is 0 Å². The minimum Gasteiger partial charge on any atom is -0.358 e. The van der Waals surface area contributed by atoms with Gasteiger partial charge >= 0.3 is 0 Å². The Morgan fingerprint density at radius 1 is 1.05 bits per heavy atom. The molecule has 2 aromatic carbocycles. The molecule has 0 spiro atoms. The van der Waals surface area contributed by atoms with Gasteiger partial charge in [0, 0.05) is 19.3 Å². The van der Waals surface area contributed by atoms with Gasteiger partial charge in [-0.1, -0.05) is 48.0 Å². The lowest BCUT2D eigenvalue weighted by atomic mass is 10.1. The van der Waals surface area contributed by atoms with Crippen molar-refractivity contribution in [3.05, 3.63) is 65.7 Å². The summed E-state index contributed by atoms with van der Waals surface area (Å²) in [6.07, 6.45) is 0. The first-order chi connectivity index (χ1) is 9.69. The van der Waals surface area contributed by atoms with E-state index in [-0.39, 0.29) is 5.91 Å². The first kappa shape index (κ1) is 14.1. The molecule has 0 unspecified atom stereocenters. The van der Waals surface area contributed by atoms with Crippen LogP contribution in [-0.2, 0) is 11.3 Å². The molecule has 0 saturated carbocycles. The van der Waals surface area contributed by atoms with Crippen LogP contribution in [0.3, 0.4) is 0 Å². The van der Waals surface area contributed by atoms with Gasteiger partial charge in [0.1, 0.15) is 0 Å². The Bertz CT molecular complexity index is 549. The van der Waals surface area contributed by atoms with Gasteiger partial charge in [-0.15, -0.1) is 0 Å². The highest BCUT2D eigenvalue weighted by Gasteiger charge is 2.11. The average Bonchev–Trinajstić information content (AvgIpc) is 2.48. The summed E-state index contributed by atoms with van der Waals surface area (Å²) in [4.78, 5) is 13.8. The molecule has 0 aliphatic rings. The van der Waals surface area contributed by atoms with Crippen molar-refractivity contribution >= 4 is 11.6 Å². The summed E-state index contributed by atoms with van der Waals surface area (Å²) < 4.78 is 0. The van der Waals surface area contributed by atoms with Crippen molar-refractivity contribution in [3.8, 4) is 0 Å². The zero-order valence-electron chi connectivity index (χ0n) is 12.0. The quantitative estimate of drug-likeness (QED) is 0.904. The highest BCUT2D eigenvalue weighted by Crippen LogP contribution is 2.17. The molecule has 3 heteroatoms. The van der Waals surface area contributed by atoms with E-state index < -0.39 is 0 Å². The number of likely N-dealkylation sites (N-methyl/N-ethyl adjacent to an activating group) is 1. The number of rotatable bonds is 5. The van der Waals surface area contributed by atoms with Gasteiger partial charge in [0.05, 0.1) is 6.54 Å². The highest BCUT2D eigenvalue weighted by atomic mass is 16.1. The first-order valence-corrected chi connectivity index (χ1v) is 6.75. The molecule has 0 bridgehead atoms. The van der Waals surface area contributed by atoms with E-state index in [9.17, 15) is 4.79 Å². The Kier molecular flexibility index (Phi) is 4.77. The molecule has 0 fully saturated rings. The SMILES string of the molecule is CNC(=O)CN(Cc1ccccc1)c1ccc(C)cc1. The number of carbonyl (C=O) groups excluding carboxylic acids is 1. The van der Waals surface area contributed by atoms with Crippen molar-refractivity contribution in [2.45, 2.75) is 13.5 Å². The van der Waals surface area contributed by atoms with E-state index in [2.05, 4.69) is 53.5 Å². The maximum Gasteiger partial charge on any atom is 0.239 e. The average molecular weight is 268 g/mol. The molecular formula is C17H20N2O. The molecule has 0 aliphatic carbocycles. The van der Waals surface area contributed by atoms with Crippen LogP contribution in [0.4, 0.5) is 5.69 Å². The van der Waals surface area contributed by atoms with Gasteiger partial charge in [0.25, 0.3) is 0 Å². The normalized spacial score (nSPS) is 10.1. The third-order valence-electron chi connectivity index (χ3n) is 3.23. The molecule has 20 heavy (non-hydrogen) atoms. The fourth-order valence-electron chi connectivity index (χ4n) is 2.05. The summed E-state index contributed by atoms with van der Waals surface area (Å²) in [5.41, 5.74) is 3.47. The molecule has 1 N–H and O–H groups in total. The van der Waals surface area contributed by atoms with Crippen molar-refractivity contribution in [1.29, 1.82) is 0 Å². The van der Waals surface area contributed by atoms with Crippen molar-refractivity contribution in [2.75, 3.05) is 18.5 Å². The van der Waals surface area contributed by atoms with Gasteiger partial charge in [-0.2, -0.15) is 0 Å². The molecule has 104 valence electrons. The van der Waals surface area contributed by atoms with Gasteiger partial charge in [-0.3, -0.25) is 4.79 Å². The molecule has 0 saturated heterocycles. The van der Waals surface area contributed by atoms with Crippen LogP contribution in [-0.4, -0.2) is 19.5 Å². The number of amides is 1. The zero-order valence-corrected chi connectivity index (χ0v) is 12.0. The van der Waals surface area contributed by atoms with Crippen LogP contribution in [0.1, 0.15) is 11.1 Å². The molecule has 3 nitrogen and oxygen atoms in total. The van der Waals surface area contributed by atoms with E-state index in [0.29, 0.717) is 6.54 Å². The second-order valence-electron chi connectivity index (χ2n) is 4.85. The minimum absolute atomic E-state index is 0.0153. The van der Waals surface area contributed by atoms with E-state index in [0.717, 1.165) is 12.2 Å². The summed E-state index contributed by atoms with van der Waals surface area (Å²) in [5, 5.41) is 2.68. The van der Waals surface area contributed by atoms with E-state index in [1.165, 1.54) is 11.1 Å². The Morgan fingerprint density at radius 3 is 2.30 bits per heavy atom. The Balaban J connectivity index is 2.20. The van der Waals surface area contributed by atoms with E-state index in [4.69, 9.17) is 0 Å². The fourth-order valence-corrected chi connectivity index (χ4v) is 2.05. The number of anilines is 1. The number of benzene rings is 2. The molecule has 0 aliphatic heterocycles. The van der Waals surface area contributed by atoms with Gasteiger partial charge in [-0.05, 0) is 24.6 Å². The topological polar surface area (TPSA) is 32.3 Å². The van der Waals surface area contributed by atoms with Gasteiger partial charge in [0.15, 0.2) is 0 Å². The monoisotopic (exact) mass is 268 g/mol. The van der Waals surface area contributed by atoms with Gasteiger partial charge < -0.3 is 10.2 Å². The smallest absolute Gasteiger partial charge is 0.239 e. The lowest BCUT2D eigenvalue weighted by molar-refractivity contribution is -0.119. The van der Waals surface area contributed by atoms with Crippen molar-refractivity contribution in [2.24, 2.45) is 0 Å². The van der Waals surface area contributed by atoms with Crippen LogP contribution in [0.5, 0.6) is 0 Å². The lowest BCUT2D eigenvalue weighted by Crippen LogP contribution is -2.35. The first-order valence-electron chi connectivity index (χ1n) is 6.75. The maximum atomic E-state index is 11.7. The summed E-state index contributed by atoms with van der Waals surface area (Å²) in [6.45, 7) is 3.13. The molecule has 0 atom stereocenters. The number of nitrogens with one attached hydrogen (secondary N) is 1. The van der Waals surface area contributed by atoms with Gasteiger partial charge in [-0.25, -0.2) is 0 Å². The molecule has 0 aromatic heterocycles.